The maximum Gasteiger partial charge on any atom is 0.251 e. The maximum absolute atomic E-state index is 13.5. The van der Waals surface area contributed by atoms with E-state index < -0.39 is 0 Å². The molecule has 2 saturated heterocycles. The third-order valence-electron chi connectivity index (χ3n) is 6.60. The zero-order chi connectivity index (χ0) is 19.8. The number of piperazine rings is 1. The van der Waals surface area contributed by atoms with Crippen LogP contribution in [0.5, 0.6) is 0 Å². The molecule has 2 aromatic heterocycles. The van der Waals surface area contributed by atoms with Gasteiger partial charge < -0.3 is 10.2 Å². The Balaban J connectivity index is 1.28. The van der Waals surface area contributed by atoms with Crippen molar-refractivity contribution in [2.24, 2.45) is 5.92 Å². The number of aromatic nitrogens is 4. The number of hydrogen-bond acceptors (Lipinski definition) is 6. The molecule has 0 radical (unpaired) electrons. The molecule has 0 spiro atoms. The molecule has 2 fully saturated rings. The molecule has 154 valence electrons. The van der Waals surface area contributed by atoms with Crippen LogP contribution in [-0.2, 0) is 11.3 Å². The van der Waals surface area contributed by atoms with E-state index in [1.807, 2.05) is 21.7 Å². The van der Waals surface area contributed by atoms with Crippen molar-refractivity contribution < 1.29 is 4.79 Å². The van der Waals surface area contributed by atoms with Crippen LogP contribution in [0.2, 0.25) is 0 Å². The second-order valence-electron chi connectivity index (χ2n) is 8.28. The summed E-state index contributed by atoms with van der Waals surface area (Å²) in [6.45, 7) is 6.46. The van der Waals surface area contributed by atoms with Crippen LogP contribution in [-0.4, -0.2) is 80.9 Å². The van der Waals surface area contributed by atoms with Crippen LogP contribution in [0.3, 0.4) is 0 Å². The van der Waals surface area contributed by atoms with E-state index in [9.17, 15) is 9.59 Å². The number of carbonyl (C=O) groups excluding carboxylic acids is 1. The first-order chi connectivity index (χ1) is 14.2. The molecule has 5 rings (SSSR count). The Morgan fingerprint density at radius 1 is 1.14 bits per heavy atom. The fourth-order valence-corrected chi connectivity index (χ4v) is 5.08. The van der Waals surface area contributed by atoms with Crippen LogP contribution in [0.4, 0.5) is 0 Å². The third-order valence-corrected chi connectivity index (χ3v) is 6.60. The standard InChI is InChI=1S/C20H27N7O2/c28-18-3-1-2-17-15-10-16(12-21-11-15)19(27(17)18)20(29)25-7-4-24(5-8-25)6-9-26-14-22-13-23-26/h1-3,13-16,19,21H,4-12H2/t15-,16+,19-/m1/s1. The number of hydrogen-bond donors (Lipinski definition) is 1. The molecule has 0 saturated carbocycles. The second-order valence-corrected chi connectivity index (χ2v) is 8.28. The van der Waals surface area contributed by atoms with Gasteiger partial charge in [0.25, 0.3) is 5.56 Å². The third kappa shape index (κ3) is 3.49. The topological polar surface area (TPSA) is 88.3 Å². The Morgan fingerprint density at radius 2 is 2.00 bits per heavy atom. The molecule has 1 amide bonds. The van der Waals surface area contributed by atoms with Crippen molar-refractivity contribution in [3.8, 4) is 0 Å². The van der Waals surface area contributed by atoms with Crippen LogP contribution in [0, 0.1) is 5.92 Å². The molecule has 3 aliphatic heterocycles. The predicted octanol–water partition coefficient (Wildman–Crippen LogP) is -0.468. The molecule has 29 heavy (non-hydrogen) atoms. The lowest BCUT2D eigenvalue weighted by molar-refractivity contribution is -0.139. The minimum absolute atomic E-state index is 0.0519. The summed E-state index contributed by atoms with van der Waals surface area (Å²) in [5.74, 6) is 0.599. The summed E-state index contributed by atoms with van der Waals surface area (Å²) in [6.07, 6.45) is 4.25. The van der Waals surface area contributed by atoms with Gasteiger partial charge in [-0.3, -0.25) is 23.7 Å². The number of fused-ring (bicyclic) bond motifs is 4. The van der Waals surface area contributed by atoms with Crippen molar-refractivity contribution in [3.63, 3.8) is 0 Å². The van der Waals surface area contributed by atoms with Gasteiger partial charge in [0.2, 0.25) is 5.91 Å². The van der Waals surface area contributed by atoms with Crippen molar-refractivity contribution in [1.82, 2.24) is 34.4 Å². The zero-order valence-corrected chi connectivity index (χ0v) is 16.5. The Bertz CT molecular complexity index is 917. The van der Waals surface area contributed by atoms with Crippen LogP contribution >= 0.6 is 0 Å². The molecule has 9 heteroatoms. The molecule has 1 N–H and O–H groups in total. The number of nitrogens with one attached hydrogen (secondary N) is 1. The molecule has 0 unspecified atom stereocenters. The van der Waals surface area contributed by atoms with E-state index in [1.165, 1.54) is 0 Å². The summed E-state index contributed by atoms with van der Waals surface area (Å²) in [5.41, 5.74) is 0.953. The van der Waals surface area contributed by atoms with Crippen LogP contribution in [0.15, 0.2) is 35.6 Å². The van der Waals surface area contributed by atoms with E-state index in [0.717, 1.165) is 51.4 Å². The summed E-state index contributed by atoms with van der Waals surface area (Å²) >= 11 is 0. The first-order valence-electron chi connectivity index (χ1n) is 10.5. The molecule has 2 bridgehead atoms. The number of piperidine rings is 1. The average molecular weight is 397 g/mol. The van der Waals surface area contributed by atoms with Crippen molar-refractivity contribution in [3.05, 3.63) is 46.9 Å². The maximum atomic E-state index is 13.5. The van der Waals surface area contributed by atoms with E-state index in [-0.39, 0.29) is 23.4 Å². The van der Waals surface area contributed by atoms with E-state index in [2.05, 4.69) is 20.3 Å². The molecule has 9 nitrogen and oxygen atoms in total. The lowest BCUT2D eigenvalue weighted by atomic mass is 9.79. The molecule has 2 aromatic rings. The highest BCUT2D eigenvalue weighted by Gasteiger charge is 2.43. The summed E-state index contributed by atoms with van der Waals surface area (Å²) in [5, 5.41) is 7.60. The summed E-state index contributed by atoms with van der Waals surface area (Å²) in [6, 6.07) is 5.03. The first-order valence-corrected chi connectivity index (χ1v) is 10.5. The first kappa shape index (κ1) is 18.5. The predicted molar refractivity (Wildman–Crippen MR) is 106 cm³/mol. The normalized spacial score (nSPS) is 26.9. The number of amides is 1. The highest BCUT2D eigenvalue weighted by Crippen LogP contribution is 2.39. The van der Waals surface area contributed by atoms with Crippen LogP contribution in [0.1, 0.15) is 24.1 Å². The number of nitrogens with zero attached hydrogens (tertiary/aromatic N) is 6. The van der Waals surface area contributed by atoms with E-state index in [4.69, 9.17) is 0 Å². The van der Waals surface area contributed by atoms with Gasteiger partial charge in [0.05, 0.1) is 6.54 Å². The van der Waals surface area contributed by atoms with Gasteiger partial charge in [0, 0.05) is 69.4 Å². The lowest BCUT2D eigenvalue weighted by Crippen LogP contribution is -2.56. The monoisotopic (exact) mass is 397 g/mol. The molecule has 0 aromatic carbocycles. The summed E-state index contributed by atoms with van der Waals surface area (Å²) < 4.78 is 3.62. The van der Waals surface area contributed by atoms with Gasteiger partial charge in [-0.15, -0.1) is 0 Å². The molecule has 3 aliphatic rings. The number of rotatable bonds is 4. The lowest BCUT2D eigenvalue weighted by Gasteiger charge is -2.45. The fourth-order valence-electron chi connectivity index (χ4n) is 5.08. The molecule has 5 heterocycles. The van der Waals surface area contributed by atoms with Crippen molar-refractivity contribution >= 4 is 5.91 Å². The number of pyridine rings is 1. The molecule has 3 atom stereocenters. The van der Waals surface area contributed by atoms with E-state index in [1.54, 1.807) is 23.3 Å². The van der Waals surface area contributed by atoms with Gasteiger partial charge in [-0.1, -0.05) is 6.07 Å². The van der Waals surface area contributed by atoms with E-state index in [0.29, 0.717) is 19.0 Å². The number of carbonyl (C=O) groups is 1. The van der Waals surface area contributed by atoms with Gasteiger partial charge in [0.15, 0.2) is 0 Å². The molecular weight excluding hydrogens is 370 g/mol. The van der Waals surface area contributed by atoms with E-state index >= 15 is 0 Å². The minimum Gasteiger partial charge on any atom is -0.338 e. The summed E-state index contributed by atoms with van der Waals surface area (Å²) in [4.78, 5) is 34.5. The average Bonchev–Trinajstić information content (AvgIpc) is 3.27. The summed E-state index contributed by atoms with van der Waals surface area (Å²) in [7, 11) is 0. The van der Waals surface area contributed by atoms with Crippen LogP contribution in [0.25, 0.3) is 0 Å². The zero-order valence-electron chi connectivity index (χ0n) is 16.5. The molecule has 0 aliphatic carbocycles. The van der Waals surface area contributed by atoms with Crippen molar-refractivity contribution in [2.45, 2.75) is 24.9 Å². The Morgan fingerprint density at radius 3 is 2.79 bits per heavy atom. The minimum atomic E-state index is -0.385. The Labute approximate surface area is 169 Å². The smallest absolute Gasteiger partial charge is 0.251 e. The SMILES string of the molecule is O=C([C@H]1[C@@H]2CNC[C@@H](C2)c2cccc(=O)n21)N1CCN(CCn2cncn2)CC1. The Hall–Kier alpha value is -2.52. The van der Waals surface area contributed by atoms with Gasteiger partial charge >= 0.3 is 0 Å². The second kappa shape index (κ2) is 7.72. The quantitative estimate of drug-likeness (QED) is 0.751. The van der Waals surface area contributed by atoms with Gasteiger partial charge in [-0.25, -0.2) is 4.98 Å². The Kier molecular flexibility index (Phi) is 4.92. The largest absolute Gasteiger partial charge is 0.338 e. The highest BCUT2D eigenvalue weighted by molar-refractivity contribution is 5.81. The van der Waals surface area contributed by atoms with Crippen LogP contribution < -0.4 is 10.9 Å². The van der Waals surface area contributed by atoms with Crippen molar-refractivity contribution in [2.75, 3.05) is 45.8 Å². The van der Waals surface area contributed by atoms with Crippen molar-refractivity contribution in [1.29, 1.82) is 0 Å². The van der Waals surface area contributed by atoms with Gasteiger partial charge in [-0.2, -0.15) is 5.10 Å². The van der Waals surface area contributed by atoms with Gasteiger partial charge in [0.1, 0.15) is 18.7 Å². The van der Waals surface area contributed by atoms with Gasteiger partial charge in [-0.05, 0) is 12.5 Å². The molecular formula is C20H27N7O2. The fraction of sp³-hybridized carbons (Fsp3) is 0.600. The highest BCUT2D eigenvalue weighted by atomic mass is 16.2.